The second-order valence-electron chi connectivity index (χ2n) is 5.69. The van der Waals surface area contributed by atoms with Gasteiger partial charge in [-0.1, -0.05) is 13.0 Å². The van der Waals surface area contributed by atoms with E-state index >= 15 is 0 Å². The Bertz CT molecular complexity index is 840. The number of anilines is 1. The molecule has 2 heterocycles. The van der Waals surface area contributed by atoms with E-state index < -0.39 is 0 Å². The van der Waals surface area contributed by atoms with Gasteiger partial charge in [0.05, 0.1) is 30.7 Å². The van der Waals surface area contributed by atoms with E-state index in [4.69, 9.17) is 9.15 Å². The molecule has 0 bridgehead atoms. The van der Waals surface area contributed by atoms with E-state index in [9.17, 15) is 4.79 Å². The molecule has 1 N–H and O–H groups in total. The molecule has 6 heteroatoms. The normalized spacial score (nSPS) is 10.6. The summed E-state index contributed by atoms with van der Waals surface area (Å²) < 4.78 is 11.1. The maximum atomic E-state index is 12.4. The van der Waals surface area contributed by atoms with Gasteiger partial charge in [0.25, 0.3) is 0 Å². The summed E-state index contributed by atoms with van der Waals surface area (Å²) in [4.78, 5) is 16.8. The molecular formula is C19H20N2O3S. The SMILES string of the molecule is CCCOc1cc(C)ccc1NC(=O)Cc1csc(-c2ccco2)n1. The van der Waals surface area contributed by atoms with Crippen LogP contribution in [0, 0.1) is 6.92 Å². The van der Waals surface area contributed by atoms with Crippen molar-refractivity contribution in [1.29, 1.82) is 0 Å². The van der Waals surface area contributed by atoms with Gasteiger partial charge in [0.15, 0.2) is 10.8 Å². The van der Waals surface area contributed by atoms with Crippen LogP contribution in [0.15, 0.2) is 46.4 Å². The summed E-state index contributed by atoms with van der Waals surface area (Å²) in [6.45, 7) is 4.66. The lowest BCUT2D eigenvalue weighted by atomic mass is 10.2. The van der Waals surface area contributed by atoms with Gasteiger partial charge < -0.3 is 14.5 Å². The van der Waals surface area contributed by atoms with E-state index in [0.717, 1.165) is 22.7 Å². The van der Waals surface area contributed by atoms with Crippen molar-refractivity contribution in [2.75, 3.05) is 11.9 Å². The maximum absolute atomic E-state index is 12.4. The predicted octanol–water partition coefficient (Wildman–Crippen LogP) is 4.68. The van der Waals surface area contributed by atoms with Crippen LogP contribution in [0.25, 0.3) is 10.8 Å². The molecule has 0 unspecified atom stereocenters. The highest BCUT2D eigenvalue weighted by Crippen LogP contribution is 2.27. The Morgan fingerprint density at radius 1 is 1.36 bits per heavy atom. The Labute approximate surface area is 150 Å². The summed E-state index contributed by atoms with van der Waals surface area (Å²) in [5.74, 6) is 1.29. The number of carbonyl (C=O) groups is 1. The lowest BCUT2D eigenvalue weighted by Gasteiger charge is -2.12. The van der Waals surface area contributed by atoms with Gasteiger partial charge in [-0.15, -0.1) is 11.3 Å². The summed E-state index contributed by atoms with van der Waals surface area (Å²) in [7, 11) is 0. The first kappa shape index (κ1) is 17.2. The standard InChI is InChI=1S/C19H20N2O3S/c1-3-8-23-17-10-13(2)6-7-15(17)21-18(22)11-14-12-25-19(20-14)16-5-4-9-24-16/h4-7,9-10,12H,3,8,11H2,1-2H3,(H,21,22). The molecule has 0 aliphatic heterocycles. The fraction of sp³-hybridized carbons (Fsp3) is 0.263. The molecule has 3 aromatic rings. The lowest BCUT2D eigenvalue weighted by molar-refractivity contribution is -0.115. The van der Waals surface area contributed by atoms with Crippen LogP contribution in [0.2, 0.25) is 0 Å². The molecule has 0 radical (unpaired) electrons. The number of nitrogens with one attached hydrogen (secondary N) is 1. The van der Waals surface area contributed by atoms with Gasteiger partial charge >= 0.3 is 0 Å². The molecule has 0 saturated heterocycles. The Kier molecular flexibility index (Phi) is 5.50. The highest BCUT2D eigenvalue weighted by atomic mass is 32.1. The first-order valence-electron chi connectivity index (χ1n) is 8.17. The third-order valence-electron chi connectivity index (χ3n) is 3.50. The lowest BCUT2D eigenvalue weighted by Crippen LogP contribution is -2.15. The van der Waals surface area contributed by atoms with Crippen LogP contribution in [-0.4, -0.2) is 17.5 Å². The van der Waals surface area contributed by atoms with Crippen LogP contribution in [0.5, 0.6) is 5.75 Å². The molecule has 0 aliphatic carbocycles. The molecule has 0 aliphatic rings. The number of nitrogens with zero attached hydrogens (tertiary/aromatic N) is 1. The molecule has 25 heavy (non-hydrogen) atoms. The Morgan fingerprint density at radius 3 is 3.00 bits per heavy atom. The number of benzene rings is 1. The number of amides is 1. The third kappa shape index (κ3) is 4.48. The number of hydrogen-bond donors (Lipinski definition) is 1. The van der Waals surface area contributed by atoms with Crippen molar-refractivity contribution < 1.29 is 13.9 Å². The fourth-order valence-electron chi connectivity index (χ4n) is 2.32. The zero-order chi connectivity index (χ0) is 17.6. The Hall–Kier alpha value is -2.60. The topological polar surface area (TPSA) is 64.4 Å². The second kappa shape index (κ2) is 7.98. The van der Waals surface area contributed by atoms with Crippen molar-refractivity contribution in [1.82, 2.24) is 4.98 Å². The summed E-state index contributed by atoms with van der Waals surface area (Å²) >= 11 is 1.46. The number of rotatable bonds is 7. The van der Waals surface area contributed by atoms with E-state index in [1.165, 1.54) is 11.3 Å². The molecule has 0 fully saturated rings. The van der Waals surface area contributed by atoms with Crippen LogP contribution in [0.1, 0.15) is 24.6 Å². The number of hydrogen-bond acceptors (Lipinski definition) is 5. The average molecular weight is 356 g/mol. The molecular weight excluding hydrogens is 336 g/mol. The number of furan rings is 1. The zero-order valence-electron chi connectivity index (χ0n) is 14.2. The predicted molar refractivity (Wildman–Crippen MR) is 99.1 cm³/mol. The highest BCUT2D eigenvalue weighted by molar-refractivity contribution is 7.13. The summed E-state index contributed by atoms with van der Waals surface area (Å²) in [5.41, 5.74) is 2.49. The number of aromatic nitrogens is 1. The van der Waals surface area contributed by atoms with Crippen molar-refractivity contribution >= 4 is 22.9 Å². The van der Waals surface area contributed by atoms with Gasteiger partial charge in [-0.05, 0) is 43.2 Å². The largest absolute Gasteiger partial charge is 0.491 e. The van der Waals surface area contributed by atoms with Crippen LogP contribution in [0.3, 0.4) is 0 Å². The Balaban J connectivity index is 1.66. The van der Waals surface area contributed by atoms with Crippen LogP contribution < -0.4 is 10.1 Å². The van der Waals surface area contributed by atoms with Crippen LogP contribution in [-0.2, 0) is 11.2 Å². The monoisotopic (exact) mass is 356 g/mol. The maximum Gasteiger partial charge on any atom is 0.230 e. The minimum Gasteiger partial charge on any atom is -0.491 e. The summed E-state index contributed by atoms with van der Waals surface area (Å²) in [6.07, 6.45) is 2.73. The molecule has 1 amide bonds. The van der Waals surface area contributed by atoms with Gasteiger partial charge in [0.1, 0.15) is 5.75 Å². The van der Waals surface area contributed by atoms with Gasteiger partial charge in [-0.3, -0.25) is 4.79 Å². The average Bonchev–Trinajstić information content (AvgIpc) is 3.26. The van der Waals surface area contributed by atoms with Crippen molar-refractivity contribution in [3.05, 3.63) is 53.2 Å². The molecule has 5 nitrogen and oxygen atoms in total. The van der Waals surface area contributed by atoms with E-state index in [2.05, 4.69) is 10.3 Å². The molecule has 0 spiro atoms. The van der Waals surface area contributed by atoms with E-state index in [-0.39, 0.29) is 12.3 Å². The molecule has 2 aromatic heterocycles. The highest BCUT2D eigenvalue weighted by Gasteiger charge is 2.13. The molecule has 3 rings (SSSR count). The number of carbonyl (C=O) groups excluding carboxylic acids is 1. The van der Waals surface area contributed by atoms with Gasteiger partial charge in [-0.25, -0.2) is 4.98 Å². The van der Waals surface area contributed by atoms with E-state index in [0.29, 0.717) is 23.8 Å². The molecule has 0 atom stereocenters. The van der Waals surface area contributed by atoms with Gasteiger partial charge in [0, 0.05) is 5.38 Å². The summed E-state index contributed by atoms with van der Waals surface area (Å²) in [6, 6.07) is 9.42. The number of ether oxygens (including phenoxy) is 1. The minimum atomic E-state index is -0.124. The second-order valence-corrected chi connectivity index (χ2v) is 6.55. The van der Waals surface area contributed by atoms with Crippen molar-refractivity contribution in [3.63, 3.8) is 0 Å². The smallest absolute Gasteiger partial charge is 0.230 e. The van der Waals surface area contributed by atoms with Crippen molar-refractivity contribution in [2.45, 2.75) is 26.7 Å². The fourth-order valence-corrected chi connectivity index (χ4v) is 3.11. The summed E-state index contributed by atoms with van der Waals surface area (Å²) in [5, 5.41) is 5.57. The van der Waals surface area contributed by atoms with Gasteiger partial charge in [-0.2, -0.15) is 0 Å². The van der Waals surface area contributed by atoms with E-state index in [1.54, 1.807) is 6.26 Å². The van der Waals surface area contributed by atoms with Crippen LogP contribution in [0.4, 0.5) is 5.69 Å². The Morgan fingerprint density at radius 2 is 2.24 bits per heavy atom. The van der Waals surface area contributed by atoms with E-state index in [1.807, 2.05) is 49.6 Å². The molecule has 1 aromatic carbocycles. The van der Waals surface area contributed by atoms with Crippen LogP contribution >= 0.6 is 11.3 Å². The first-order chi connectivity index (χ1) is 12.2. The molecule has 130 valence electrons. The van der Waals surface area contributed by atoms with Gasteiger partial charge in [0.2, 0.25) is 5.91 Å². The zero-order valence-corrected chi connectivity index (χ0v) is 15.1. The van der Waals surface area contributed by atoms with Crippen molar-refractivity contribution in [2.24, 2.45) is 0 Å². The number of aryl methyl sites for hydroxylation is 1. The minimum absolute atomic E-state index is 0.124. The third-order valence-corrected chi connectivity index (χ3v) is 4.40. The molecule has 0 saturated carbocycles. The quantitative estimate of drug-likeness (QED) is 0.667. The first-order valence-corrected chi connectivity index (χ1v) is 9.05. The van der Waals surface area contributed by atoms with Crippen molar-refractivity contribution in [3.8, 4) is 16.5 Å². The number of thiazole rings is 1.